The first-order valence-corrected chi connectivity index (χ1v) is 13.9. The molecule has 0 aliphatic rings. The molecule has 214 valence electrons. The molecule has 5 rings (SSSR count). The molecular weight excluding hydrogens is 560 g/mol. The first-order chi connectivity index (χ1) is 20.8. The van der Waals surface area contributed by atoms with Gasteiger partial charge in [0.25, 0.3) is 5.91 Å². The Morgan fingerprint density at radius 1 is 1.09 bits per heavy atom. The average Bonchev–Trinajstić information content (AvgIpc) is 3.44. The van der Waals surface area contributed by atoms with Crippen LogP contribution in [0, 0.1) is 19.4 Å². The molecular formula is C34H29ClN6O2. The van der Waals surface area contributed by atoms with Crippen LogP contribution in [0.3, 0.4) is 0 Å². The number of carbonyl (C=O) groups excluding carboxylic acids is 2. The molecule has 9 heteroatoms. The number of amides is 2. The number of terminal acetylenes is 1. The van der Waals surface area contributed by atoms with Crippen LogP contribution in [-0.2, 0) is 11.2 Å². The molecule has 0 atom stereocenters. The van der Waals surface area contributed by atoms with E-state index in [-0.39, 0.29) is 11.8 Å². The molecule has 0 radical (unpaired) electrons. The van der Waals surface area contributed by atoms with Gasteiger partial charge in [-0.05, 0) is 48.4 Å². The molecule has 0 saturated carbocycles. The smallest absolute Gasteiger partial charge is 0.255 e. The lowest BCUT2D eigenvalue weighted by Gasteiger charge is -2.12. The molecule has 0 fully saturated rings. The number of H-pyrrole nitrogens is 1. The Balaban J connectivity index is 1.29. The van der Waals surface area contributed by atoms with Gasteiger partial charge in [0.1, 0.15) is 5.82 Å². The van der Waals surface area contributed by atoms with E-state index in [4.69, 9.17) is 23.0 Å². The lowest BCUT2D eigenvalue weighted by molar-refractivity contribution is -0.111. The highest BCUT2D eigenvalue weighted by Crippen LogP contribution is 2.32. The van der Waals surface area contributed by atoms with Crippen molar-refractivity contribution in [3.63, 3.8) is 0 Å². The van der Waals surface area contributed by atoms with Gasteiger partial charge in [-0.3, -0.25) is 9.59 Å². The summed E-state index contributed by atoms with van der Waals surface area (Å²) < 4.78 is 0. The summed E-state index contributed by atoms with van der Waals surface area (Å²) in [5, 5.41) is 7.26. The fraction of sp³-hybridized carbons (Fsp3) is 0.118. The molecule has 0 spiro atoms. The van der Waals surface area contributed by atoms with Crippen molar-refractivity contribution in [2.45, 2.75) is 13.3 Å². The van der Waals surface area contributed by atoms with Crippen molar-refractivity contribution in [1.82, 2.24) is 19.9 Å². The Bertz CT molecular complexity index is 1890. The molecule has 0 unspecified atom stereocenters. The Labute approximate surface area is 254 Å². The number of fused-ring (bicyclic) bond motifs is 1. The topological polar surface area (TPSA) is 103 Å². The highest BCUT2D eigenvalue weighted by Gasteiger charge is 2.14. The van der Waals surface area contributed by atoms with Crippen LogP contribution >= 0.6 is 11.6 Å². The van der Waals surface area contributed by atoms with Crippen molar-refractivity contribution in [2.24, 2.45) is 0 Å². The van der Waals surface area contributed by atoms with Crippen LogP contribution in [0.15, 0.2) is 91.3 Å². The fourth-order valence-electron chi connectivity index (χ4n) is 4.53. The summed E-state index contributed by atoms with van der Waals surface area (Å²) in [6, 6.07) is 23.0. The third-order valence-corrected chi connectivity index (χ3v) is 7.09. The van der Waals surface area contributed by atoms with Crippen LogP contribution in [0.1, 0.15) is 27.3 Å². The average molecular weight is 589 g/mol. The minimum atomic E-state index is -0.316. The van der Waals surface area contributed by atoms with Gasteiger partial charge in [0, 0.05) is 77.9 Å². The van der Waals surface area contributed by atoms with Gasteiger partial charge in [-0.2, -0.15) is 0 Å². The van der Waals surface area contributed by atoms with E-state index in [1.807, 2.05) is 55.6 Å². The monoisotopic (exact) mass is 588 g/mol. The number of aromatic amines is 1. The molecule has 3 aromatic carbocycles. The third kappa shape index (κ3) is 7.10. The Morgan fingerprint density at radius 3 is 2.77 bits per heavy atom. The molecule has 2 amide bonds. The Morgan fingerprint density at radius 2 is 1.93 bits per heavy atom. The molecule has 5 aromatic rings. The van der Waals surface area contributed by atoms with Gasteiger partial charge in [-0.1, -0.05) is 60.5 Å². The lowest BCUT2D eigenvalue weighted by atomic mass is 10.1. The maximum absolute atomic E-state index is 13.2. The number of hydrogen-bond acceptors (Lipinski definition) is 5. The minimum Gasteiger partial charge on any atom is -0.360 e. The zero-order valence-corrected chi connectivity index (χ0v) is 24.4. The summed E-state index contributed by atoms with van der Waals surface area (Å²) in [6.45, 7) is 2.37. The second-order valence-corrected chi connectivity index (χ2v) is 10.4. The predicted octanol–water partition coefficient (Wildman–Crippen LogP) is 6.45. The van der Waals surface area contributed by atoms with E-state index in [0.29, 0.717) is 46.4 Å². The number of aromatic nitrogens is 3. The number of carbonyl (C=O) groups is 2. The number of aryl methyl sites for hydroxylation is 1. The first-order valence-electron chi connectivity index (χ1n) is 13.5. The van der Waals surface area contributed by atoms with Gasteiger partial charge in [0.05, 0.1) is 10.7 Å². The van der Waals surface area contributed by atoms with E-state index in [9.17, 15) is 9.59 Å². The number of rotatable bonds is 9. The van der Waals surface area contributed by atoms with Crippen molar-refractivity contribution in [1.29, 1.82) is 0 Å². The van der Waals surface area contributed by atoms with Gasteiger partial charge < -0.3 is 20.5 Å². The Hall–Kier alpha value is -5.39. The number of nitrogens with zero attached hydrogens (tertiary/aromatic N) is 3. The van der Waals surface area contributed by atoms with Crippen LogP contribution in [0.25, 0.3) is 22.2 Å². The largest absolute Gasteiger partial charge is 0.360 e. The van der Waals surface area contributed by atoms with Gasteiger partial charge in [-0.25, -0.2) is 9.97 Å². The Kier molecular flexibility index (Phi) is 8.85. The summed E-state index contributed by atoms with van der Waals surface area (Å²) >= 11 is 6.51. The first kappa shape index (κ1) is 29.1. The predicted molar refractivity (Wildman–Crippen MR) is 172 cm³/mol. The standard InChI is InChI=1S/C34H29ClN6O2/c1-4-41(3)16-8-13-32(42)38-25-10-7-9-24(19-25)34(43)39-30-17-23(15-14-22(30)2)18-31-37-21-28(35)33(40-31)27-20-36-29-12-6-5-11-26(27)29/h1,5-15,17,19-21,36H,16,18H2,2-3H3,(H,38,42)(H,39,43)/b13-8+. The summed E-state index contributed by atoms with van der Waals surface area (Å²) in [4.78, 5) is 39.5. The summed E-state index contributed by atoms with van der Waals surface area (Å²) in [5.41, 5.74) is 5.98. The summed E-state index contributed by atoms with van der Waals surface area (Å²) in [7, 11) is 1.75. The van der Waals surface area contributed by atoms with Gasteiger partial charge in [0.15, 0.2) is 0 Å². The maximum Gasteiger partial charge on any atom is 0.255 e. The van der Waals surface area contributed by atoms with Crippen molar-refractivity contribution in [2.75, 3.05) is 24.2 Å². The minimum absolute atomic E-state index is 0.299. The number of anilines is 2. The fourth-order valence-corrected chi connectivity index (χ4v) is 4.72. The molecule has 0 bridgehead atoms. The van der Waals surface area contributed by atoms with E-state index in [1.54, 1.807) is 48.5 Å². The molecule has 3 N–H and O–H groups in total. The highest BCUT2D eigenvalue weighted by atomic mass is 35.5. The van der Waals surface area contributed by atoms with Gasteiger partial charge in [0.2, 0.25) is 5.91 Å². The van der Waals surface area contributed by atoms with Crippen LogP contribution in [0.5, 0.6) is 0 Å². The maximum atomic E-state index is 13.2. The second-order valence-electron chi connectivity index (χ2n) is 9.99. The molecule has 0 aliphatic heterocycles. The number of nitrogens with one attached hydrogen (secondary N) is 3. The number of hydrogen-bond donors (Lipinski definition) is 3. The molecule has 0 saturated heterocycles. The van der Waals surface area contributed by atoms with Crippen molar-refractivity contribution in [3.8, 4) is 23.7 Å². The normalized spacial score (nSPS) is 10.9. The van der Waals surface area contributed by atoms with Crippen molar-refractivity contribution < 1.29 is 9.59 Å². The van der Waals surface area contributed by atoms with Crippen molar-refractivity contribution in [3.05, 3.63) is 119 Å². The zero-order valence-electron chi connectivity index (χ0n) is 23.7. The third-order valence-electron chi connectivity index (χ3n) is 6.81. The van der Waals surface area contributed by atoms with Gasteiger partial charge >= 0.3 is 0 Å². The van der Waals surface area contributed by atoms with Crippen LogP contribution in [0.4, 0.5) is 11.4 Å². The van der Waals surface area contributed by atoms with E-state index in [0.717, 1.165) is 27.6 Å². The SMILES string of the molecule is C#CN(C)C/C=C/C(=O)Nc1cccc(C(=O)Nc2cc(Cc3ncc(Cl)c(-c4c[nH]c5ccccc45)n3)ccc2C)c1. The van der Waals surface area contributed by atoms with E-state index in [1.165, 1.54) is 6.08 Å². The van der Waals surface area contributed by atoms with Crippen LogP contribution in [0.2, 0.25) is 5.02 Å². The van der Waals surface area contributed by atoms with E-state index < -0.39 is 0 Å². The van der Waals surface area contributed by atoms with E-state index in [2.05, 4.69) is 26.6 Å². The number of halogens is 1. The highest BCUT2D eigenvalue weighted by molar-refractivity contribution is 6.33. The number of para-hydroxylation sites is 1. The molecule has 43 heavy (non-hydrogen) atoms. The van der Waals surface area contributed by atoms with Gasteiger partial charge in [-0.15, -0.1) is 0 Å². The lowest BCUT2D eigenvalue weighted by Crippen LogP contribution is -2.15. The summed E-state index contributed by atoms with van der Waals surface area (Å²) in [6.07, 6.45) is 12.3. The molecule has 0 aliphatic carbocycles. The molecule has 8 nitrogen and oxygen atoms in total. The second kappa shape index (κ2) is 13.1. The molecule has 2 heterocycles. The number of likely N-dealkylation sites (N-methyl/N-ethyl adjacent to an activating group) is 1. The van der Waals surface area contributed by atoms with Crippen molar-refractivity contribution >= 4 is 45.7 Å². The summed E-state index contributed by atoms with van der Waals surface area (Å²) in [5.74, 6) is -0.00932. The van der Waals surface area contributed by atoms with Crippen LogP contribution in [-0.4, -0.2) is 45.3 Å². The quantitative estimate of drug-likeness (QED) is 0.104. The zero-order chi connectivity index (χ0) is 30.3. The van der Waals surface area contributed by atoms with Crippen LogP contribution < -0.4 is 10.6 Å². The number of benzene rings is 3. The van der Waals surface area contributed by atoms with E-state index >= 15 is 0 Å². The molecule has 2 aromatic heterocycles.